The number of rotatable bonds is 5. The second kappa shape index (κ2) is 5.98. The van der Waals surface area contributed by atoms with Gasteiger partial charge >= 0.3 is 0 Å². The van der Waals surface area contributed by atoms with Crippen molar-refractivity contribution in [2.75, 3.05) is 18.4 Å². The number of aliphatic hydroxyl groups is 1. The summed E-state index contributed by atoms with van der Waals surface area (Å²) in [6.07, 6.45) is -0.473. The molecule has 0 aromatic heterocycles. The van der Waals surface area contributed by atoms with Gasteiger partial charge < -0.3 is 15.7 Å². The Morgan fingerprint density at radius 2 is 1.76 bits per heavy atom. The number of halogens is 1. The molecule has 0 aliphatic carbocycles. The number of anilines is 1. The number of β-amino-alcohol motifs (C(OH)–C–C–N with tert-alkyl or cyclic N) is 1. The standard InChI is InChI=1S/C13H21FN2O/c1-13(2,3)16-9-12(17)8-15-11-6-4-10(14)5-7-11/h4-7,12,15-17H,8-9H2,1-3H3. The van der Waals surface area contributed by atoms with Crippen molar-refractivity contribution in [2.45, 2.75) is 32.4 Å². The van der Waals surface area contributed by atoms with Crippen LogP contribution in [0.2, 0.25) is 0 Å². The molecule has 0 heterocycles. The van der Waals surface area contributed by atoms with Crippen LogP contribution in [0.3, 0.4) is 0 Å². The van der Waals surface area contributed by atoms with Gasteiger partial charge in [-0.25, -0.2) is 4.39 Å². The van der Waals surface area contributed by atoms with Crippen LogP contribution >= 0.6 is 0 Å². The van der Waals surface area contributed by atoms with Crippen molar-refractivity contribution in [2.24, 2.45) is 0 Å². The molecule has 1 aromatic carbocycles. The summed E-state index contributed by atoms with van der Waals surface area (Å²) >= 11 is 0. The van der Waals surface area contributed by atoms with E-state index in [1.807, 2.05) is 20.8 Å². The van der Waals surface area contributed by atoms with Crippen molar-refractivity contribution < 1.29 is 9.50 Å². The monoisotopic (exact) mass is 240 g/mol. The van der Waals surface area contributed by atoms with E-state index in [1.54, 1.807) is 12.1 Å². The first-order valence-electron chi connectivity index (χ1n) is 5.79. The van der Waals surface area contributed by atoms with Crippen LogP contribution in [-0.2, 0) is 0 Å². The highest BCUT2D eigenvalue weighted by atomic mass is 19.1. The van der Waals surface area contributed by atoms with Crippen molar-refractivity contribution in [3.63, 3.8) is 0 Å². The van der Waals surface area contributed by atoms with Gasteiger partial charge in [-0.15, -0.1) is 0 Å². The second-order valence-electron chi connectivity index (χ2n) is 5.17. The fourth-order valence-electron chi connectivity index (χ4n) is 1.30. The minimum atomic E-state index is -0.473. The van der Waals surface area contributed by atoms with Crippen LogP contribution in [0.25, 0.3) is 0 Å². The molecule has 0 aliphatic rings. The lowest BCUT2D eigenvalue weighted by atomic mass is 10.1. The molecular weight excluding hydrogens is 219 g/mol. The quantitative estimate of drug-likeness (QED) is 0.737. The third kappa shape index (κ3) is 6.24. The number of benzene rings is 1. The zero-order valence-electron chi connectivity index (χ0n) is 10.6. The minimum absolute atomic E-state index is 0.00312. The molecule has 0 radical (unpaired) electrons. The summed E-state index contributed by atoms with van der Waals surface area (Å²) in [5, 5.41) is 16.0. The zero-order valence-corrected chi connectivity index (χ0v) is 10.6. The molecule has 3 nitrogen and oxygen atoms in total. The Kier molecular flexibility index (Phi) is 4.90. The SMILES string of the molecule is CC(C)(C)NCC(O)CNc1ccc(F)cc1. The third-order valence-corrected chi connectivity index (χ3v) is 2.25. The average Bonchev–Trinajstić information content (AvgIpc) is 2.25. The third-order valence-electron chi connectivity index (χ3n) is 2.25. The van der Waals surface area contributed by atoms with E-state index in [0.717, 1.165) is 5.69 Å². The molecule has 0 saturated heterocycles. The first-order chi connectivity index (χ1) is 7.87. The average molecular weight is 240 g/mol. The van der Waals surface area contributed by atoms with Crippen molar-refractivity contribution in [1.82, 2.24) is 5.32 Å². The van der Waals surface area contributed by atoms with Gasteiger partial charge in [0.25, 0.3) is 0 Å². The first-order valence-corrected chi connectivity index (χ1v) is 5.79. The maximum absolute atomic E-state index is 12.7. The Morgan fingerprint density at radius 3 is 2.29 bits per heavy atom. The van der Waals surface area contributed by atoms with Crippen LogP contribution in [-0.4, -0.2) is 29.8 Å². The molecule has 0 aliphatic heterocycles. The van der Waals surface area contributed by atoms with Gasteiger partial charge in [-0.2, -0.15) is 0 Å². The van der Waals surface area contributed by atoms with Crippen LogP contribution < -0.4 is 10.6 Å². The number of nitrogens with one attached hydrogen (secondary N) is 2. The van der Waals surface area contributed by atoms with Gasteiger partial charge in [0.2, 0.25) is 0 Å². The molecular formula is C13H21FN2O. The van der Waals surface area contributed by atoms with Crippen LogP contribution in [0.1, 0.15) is 20.8 Å². The second-order valence-corrected chi connectivity index (χ2v) is 5.17. The molecule has 0 spiro atoms. The smallest absolute Gasteiger partial charge is 0.123 e. The van der Waals surface area contributed by atoms with E-state index in [-0.39, 0.29) is 11.4 Å². The Hall–Kier alpha value is -1.13. The summed E-state index contributed by atoms with van der Waals surface area (Å²) < 4.78 is 12.7. The summed E-state index contributed by atoms with van der Waals surface area (Å²) in [6.45, 7) is 7.11. The molecule has 1 rings (SSSR count). The Bertz CT molecular complexity index is 332. The molecule has 3 N–H and O–H groups in total. The predicted molar refractivity (Wildman–Crippen MR) is 68.7 cm³/mol. The van der Waals surface area contributed by atoms with E-state index in [4.69, 9.17) is 0 Å². The number of hydrogen-bond acceptors (Lipinski definition) is 3. The lowest BCUT2D eigenvalue weighted by molar-refractivity contribution is 0.172. The van der Waals surface area contributed by atoms with Crippen molar-refractivity contribution in [3.05, 3.63) is 30.1 Å². The Balaban J connectivity index is 2.28. The summed E-state index contributed by atoms with van der Waals surface area (Å²) in [5.74, 6) is -0.259. The van der Waals surface area contributed by atoms with Crippen molar-refractivity contribution in [1.29, 1.82) is 0 Å². The van der Waals surface area contributed by atoms with E-state index >= 15 is 0 Å². The van der Waals surface area contributed by atoms with E-state index in [2.05, 4.69) is 10.6 Å². The molecule has 0 fully saturated rings. The number of aliphatic hydroxyl groups excluding tert-OH is 1. The minimum Gasteiger partial charge on any atom is -0.390 e. The van der Waals surface area contributed by atoms with Crippen LogP contribution in [0.4, 0.5) is 10.1 Å². The topological polar surface area (TPSA) is 44.3 Å². The highest BCUT2D eigenvalue weighted by Gasteiger charge is 2.11. The maximum atomic E-state index is 12.7. The molecule has 96 valence electrons. The van der Waals surface area contributed by atoms with Gasteiger partial charge in [0.05, 0.1) is 6.10 Å². The van der Waals surface area contributed by atoms with Crippen LogP contribution in [0.15, 0.2) is 24.3 Å². The fraction of sp³-hybridized carbons (Fsp3) is 0.538. The molecule has 4 heteroatoms. The van der Waals surface area contributed by atoms with Gasteiger partial charge in [-0.3, -0.25) is 0 Å². The van der Waals surface area contributed by atoms with Crippen molar-refractivity contribution in [3.8, 4) is 0 Å². The Labute approximate surface area is 102 Å². The van der Waals surface area contributed by atoms with E-state index < -0.39 is 6.10 Å². The molecule has 1 unspecified atom stereocenters. The van der Waals surface area contributed by atoms with Gasteiger partial charge in [0.1, 0.15) is 5.82 Å². The van der Waals surface area contributed by atoms with E-state index in [1.165, 1.54) is 12.1 Å². The molecule has 1 atom stereocenters. The first kappa shape index (κ1) is 13.9. The zero-order chi connectivity index (χ0) is 12.9. The van der Waals surface area contributed by atoms with Gasteiger partial charge in [0.15, 0.2) is 0 Å². The molecule has 0 bridgehead atoms. The highest BCUT2D eigenvalue weighted by molar-refractivity contribution is 5.42. The van der Waals surface area contributed by atoms with Crippen molar-refractivity contribution >= 4 is 5.69 Å². The lowest BCUT2D eigenvalue weighted by Gasteiger charge is -2.23. The van der Waals surface area contributed by atoms with E-state index in [9.17, 15) is 9.50 Å². The molecule has 1 aromatic rings. The highest BCUT2D eigenvalue weighted by Crippen LogP contribution is 2.08. The molecule has 17 heavy (non-hydrogen) atoms. The fourth-order valence-corrected chi connectivity index (χ4v) is 1.30. The summed E-state index contributed by atoms with van der Waals surface area (Å²) in [7, 11) is 0. The Morgan fingerprint density at radius 1 is 1.18 bits per heavy atom. The summed E-state index contributed by atoms with van der Waals surface area (Å²) in [5.41, 5.74) is 0.804. The molecule has 0 saturated carbocycles. The summed E-state index contributed by atoms with van der Waals surface area (Å²) in [6, 6.07) is 6.09. The van der Waals surface area contributed by atoms with Crippen LogP contribution in [0, 0.1) is 5.82 Å². The van der Waals surface area contributed by atoms with E-state index in [0.29, 0.717) is 13.1 Å². The summed E-state index contributed by atoms with van der Waals surface area (Å²) in [4.78, 5) is 0. The molecule has 0 amide bonds. The van der Waals surface area contributed by atoms with Crippen LogP contribution in [0.5, 0.6) is 0 Å². The normalized spacial score (nSPS) is 13.5. The number of hydrogen-bond donors (Lipinski definition) is 3. The predicted octanol–water partition coefficient (Wildman–Crippen LogP) is 1.99. The van der Waals surface area contributed by atoms with Gasteiger partial charge in [-0.1, -0.05) is 0 Å². The largest absolute Gasteiger partial charge is 0.390 e. The van der Waals surface area contributed by atoms with Gasteiger partial charge in [-0.05, 0) is 45.0 Å². The maximum Gasteiger partial charge on any atom is 0.123 e. The lowest BCUT2D eigenvalue weighted by Crippen LogP contribution is -2.42. The van der Waals surface area contributed by atoms with Gasteiger partial charge in [0, 0.05) is 24.3 Å².